The number of aromatic amines is 1. The van der Waals surface area contributed by atoms with Gasteiger partial charge in [0, 0.05) is 51.0 Å². The fraction of sp³-hybridized carbons (Fsp3) is 0.400. The highest BCUT2D eigenvalue weighted by Gasteiger charge is 2.25. The maximum absolute atomic E-state index is 12.3. The summed E-state index contributed by atoms with van der Waals surface area (Å²) in [6, 6.07) is 3.62. The molecule has 1 amide bonds. The number of rotatable bonds is 5. The molecule has 0 saturated carbocycles. The van der Waals surface area contributed by atoms with Crippen LogP contribution >= 0.6 is 0 Å². The number of hydrogen-bond acceptors (Lipinski definition) is 5. The molecule has 2 aromatic heterocycles. The Kier molecular flexibility index (Phi) is 4.77. The number of nitrogens with one attached hydrogen (secondary N) is 3. The van der Waals surface area contributed by atoms with E-state index in [1.807, 2.05) is 18.3 Å². The minimum atomic E-state index is -0.194. The Labute approximate surface area is 129 Å². The number of piperazine rings is 1. The number of nitrogens with zero attached hydrogens (tertiary/aromatic N) is 3. The molecular formula is C15H20N6O. The van der Waals surface area contributed by atoms with Gasteiger partial charge in [0.25, 0.3) is 0 Å². The first-order chi connectivity index (χ1) is 10.8. The smallest absolute Gasteiger partial charge is 0.238 e. The predicted octanol–water partition coefficient (Wildman–Crippen LogP) is -0.105. The summed E-state index contributed by atoms with van der Waals surface area (Å²) in [5.74, 6) is 0.949. The maximum Gasteiger partial charge on any atom is 0.238 e. The highest BCUT2D eigenvalue weighted by atomic mass is 16.2. The predicted molar refractivity (Wildman–Crippen MR) is 81.7 cm³/mol. The van der Waals surface area contributed by atoms with Crippen LogP contribution in [0, 0.1) is 0 Å². The van der Waals surface area contributed by atoms with Crippen LogP contribution in [-0.2, 0) is 17.9 Å². The zero-order valence-electron chi connectivity index (χ0n) is 12.3. The summed E-state index contributed by atoms with van der Waals surface area (Å²) in [4.78, 5) is 25.9. The molecule has 0 bridgehead atoms. The molecule has 22 heavy (non-hydrogen) atoms. The summed E-state index contributed by atoms with van der Waals surface area (Å²) in [7, 11) is 0. The van der Waals surface area contributed by atoms with Crippen LogP contribution in [0.1, 0.15) is 11.4 Å². The minimum Gasteiger partial charge on any atom is -0.351 e. The van der Waals surface area contributed by atoms with E-state index in [0.29, 0.717) is 13.1 Å². The van der Waals surface area contributed by atoms with Gasteiger partial charge in [-0.25, -0.2) is 4.98 Å². The second kappa shape index (κ2) is 7.15. The third kappa shape index (κ3) is 3.90. The molecule has 3 rings (SSSR count). The zero-order chi connectivity index (χ0) is 15.2. The Morgan fingerprint density at radius 2 is 2.41 bits per heavy atom. The first-order valence-corrected chi connectivity index (χ1v) is 7.42. The molecule has 116 valence electrons. The largest absolute Gasteiger partial charge is 0.351 e. The van der Waals surface area contributed by atoms with Crippen molar-refractivity contribution in [1.29, 1.82) is 0 Å². The van der Waals surface area contributed by atoms with E-state index in [-0.39, 0.29) is 11.9 Å². The summed E-state index contributed by atoms with van der Waals surface area (Å²) in [5, 5.41) is 6.22. The highest BCUT2D eigenvalue weighted by Crippen LogP contribution is 2.04. The molecule has 3 N–H and O–H groups in total. The van der Waals surface area contributed by atoms with Crippen molar-refractivity contribution in [2.45, 2.75) is 19.1 Å². The lowest BCUT2D eigenvalue weighted by Gasteiger charge is -2.32. The van der Waals surface area contributed by atoms with Gasteiger partial charge in [-0.3, -0.25) is 14.7 Å². The van der Waals surface area contributed by atoms with Crippen LogP contribution in [0.15, 0.2) is 36.9 Å². The molecule has 0 aromatic carbocycles. The summed E-state index contributed by atoms with van der Waals surface area (Å²) < 4.78 is 0. The summed E-state index contributed by atoms with van der Waals surface area (Å²) >= 11 is 0. The van der Waals surface area contributed by atoms with Gasteiger partial charge in [0.2, 0.25) is 5.91 Å². The summed E-state index contributed by atoms with van der Waals surface area (Å²) in [5.41, 5.74) is 0.999. The van der Waals surface area contributed by atoms with Crippen molar-refractivity contribution < 1.29 is 4.79 Å². The van der Waals surface area contributed by atoms with Crippen molar-refractivity contribution in [2.24, 2.45) is 0 Å². The van der Waals surface area contributed by atoms with E-state index in [1.165, 1.54) is 0 Å². The van der Waals surface area contributed by atoms with Crippen LogP contribution in [-0.4, -0.2) is 51.4 Å². The molecule has 1 atom stereocenters. The second-order valence-corrected chi connectivity index (χ2v) is 5.36. The van der Waals surface area contributed by atoms with E-state index in [9.17, 15) is 4.79 Å². The molecule has 0 spiro atoms. The van der Waals surface area contributed by atoms with E-state index in [2.05, 4.69) is 30.5 Å². The number of H-pyrrole nitrogens is 1. The van der Waals surface area contributed by atoms with Gasteiger partial charge in [-0.15, -0.1) is 0 Å². The van der Waals surface area contributed by atoms with Gasteiger partial charge < -0.3 is 15.6 Å². The molecule has 1 unspecified atom stereocenters. The van der Waals surface area contributed by atoms with Crippen molar-refractivity contribution in [3.63, 3.8) is 0 Å². The lowest BCUT2D eigenvalue weighted by Crippen LogP contribution is -2.56. The van der Waals surface area contributed by atoms with Crippen LogP contribution in [0.2, 0.25) is 0 Å². The average Bonchev–Trinajstić information content (AvgIpc) is 3.07. The number of hydrogen-bond donors (Lipinski definition) is 3. The molecule has 7 heteroatoms. The fourth-order valence-electron chi connectivity index (χ4n) is 2.54. The lowest BCUT2D eigenvalue weighted by atomic mass is 10.2. The van der Waals surface area contributed by atoms with E-state index in [0.717, 1.165) is 31.0 Å². The average molecular weight is 300 g/mol. The van der Waals surface area contributed by atoms with E-state index in [1.54, 1.807) is 18.6 Å². The van der Waals surface area contributed by atoms with E-state index < -0.39 is 0 Å². The molecule has 0 radical (unpaired) electrons. The summed E-state index contributed by atoms with van der Waals surface area (Å²) in [6.45, 7) is 3.63. The Bertz CT molecular complexity index is 585. The number of pyridine rings is 1. The molecular weight excluding hydrogens is 280 g/mol. The monoisotopic (exact) mass is 300 g/mol. The van der Waals surface area contributed by atoms with Gasteiger partial charge in [-0.1, -0.05) is 6.07 Å². The molecule has 0 aliphatic carbocycles. The number of carbonyl (C=O) groups excluding carboxylic acids is 1. The van der Waals surface area contributed by atoms with Gasteiger partial charge in [0.15, 0.2) is 0 Å². The van der Waals surface area contributed by atoms with Crippen LogP contribution in [0.25, 0.3) is 0 Å². The topological polar surface area (TPSA) is 85.9 Å². The second-order valence-electron chi connectivity index (χ2n) is 5.36. The van der Waals surface area contributed by atoms with Crippen molar-refractivity contribution in [3.8, 4) is 0 Å². The van der Waals surface area contributed by atoms with Crippen molar-refractivity contribution in [3.05, 3.63) is 48.3 Å². The van der Waals surface area contributed by atoms with Crippen molar-refractivity contribution in [1.82, 2.24) is 30.5 Å². The lowest BCUT2D eigenvalue weighted by molar-refractivity contribution is -0.124. The number of amides is 1. The fourth-order valence-corrected chi connectivity index (χ4v) is 2.54. The Morgan fingerprint density at radius 3 is 3.18 bits per heavy atom. The third-order valence-electron chi connectivity index (χ3n) is 3.69. The standard InChI is InChI=1S/C15H20N6O/c22-15(20-9-12-2-1-3-16-8-12)13-10-21(7-6-17-13)11-14-18-4-5-19-14/h1-5,8,13,17H,6-7,9-11H2,(H,18,19)(H,20,22). The number of aromatic nitrogens is 3. The molecule has 1 aliphatic heterocycles. The van der Waals surface area contributed by atoms with Crippen LogP contribution < -0.4 is 10.6 Å². The van der Waals surface area contributed by atoms with E-state index in [4.69, 9.17) is 0 Å². The molecule has 1 saturated heterocycles. The van der Waals surface area contributed by atoms with Gasteiger partial charge in [-0.05, 0) is 11.6 Å². The molecule has 7 nitrogen and oxygen atoms in total. The third-order valence-corrected chi connectivity index (χ3v) is 3.69. The van der Waals surface area contributed by atoms with Gasteiger partial charge >= 0.3 is 0 Å². The van der Waals surface area contributed by atoms with Crippen LogP contribution in [0.3, 0.4) is 0 Å². The number of imidazole rings is 1. The molecule has 1 fully saturated rings. The van der Waals surface area contributed by atoms with Gasteiger partial charge in [0.1, 0.15) is 5.82 Å². The zero-order valence-corrected chi connectivity index (χ0v) is 12.3. The molecule has 1 aliphatic rings. The first-order valence-electron chi connectivity index (χ1n) is 7.42. The Balaban J connectivity index is 1.49. The van der Waals surface area contributed by atoms with Gasteiger partial charge in [0.05, 0.1) is 12.6 Å². The van der Waals surface area contributed by atoms with Crippen molar-refractivity contribution in [2.75, 3.05) is 19.6 Å². The molecule has 3 heterocycles. The molecule has 2 aromatic rings. The normalized spacial score (nSPS) is 19.0. The number of carbonyl (C=O) groups is 1. The van der Waals surface area contributed by atoms with Crippen molar-refractivity contribution >= 4 is 5.91 Å². The quantitative estimate of drug-likeness (QED) is 0.718. The first kappa shape index (κ1) is 14.7. The maximum atomic E-state index is 12.3. The minimum absolute atomic E-state index is 0.0213. The summed E-state index contributed by atoms with van der Waals surface area (Å²) in [6.07, 6.45) is 7.05. The Morgan fingerprint density at radius 1 is 1.45 bits per heavy atom. The van der Waals surface area contributed by atoms with Gasteiger partial charge in [-0.2, -0.15) is 0 Å². The SMILES string of the molecule is O=C(NCc1cccnc1)C1CN(Cc2ncc[nH]2)CCN1. The van der Waals surface area contributed by atoms with Crippen LogP contribution in [0.4, 0.5) is 0 Å². The Hall–Kier alpha value is -2.25. The van der Waals surface area contributed by atoms with E-state index >= 15 is 0 Å². The highest BCUT2D eigenvalue weighted by molar-refractivity contribution is 5.82. The van der Waals surface area contributed by atoms with Crippen LogP contribution in [0.5, 0.6) is 0 Å².